The van der Waals surface area contributed by atoms with Gasteiger partial charge in [-0.3, -0.25) is 9.89 Å². The van der Waals surface area contributed by atoms with E-state index in [0.29, 0.717) is 34.1 Å². The van der Waals surface area contributed by atoms with Gasteiger partial charge in [-0.2, -0.15) is 0 Å². The average Bonchev–Trinajstić information content (AvgIpc) is 3.29. The quantitative estimate of drug-likeness (QED) is 0.515. The van der Waals surface area contributed by atoms with Crippen LogP contribution in [-0.2, 0) is 0 Å². The van der Waals surface area contributed by atoms with Gasteiger partial charge in [-0.05, 0) is 31.5 Å². The summed E-state index contributed by atoms with van der Waals surface area (Å²) < 4.78 is 8.40. The number of H-pyrrole nitrogens is 1. The number of aromatic amines is 1. The molecule has 29 heavy (non-hydrogen) atoms. The number of methoxy groups -OCH3 is 1. The Balaban J connectivity index is 1.78. The second kappa shape index (κ2) is 6.30. The van der Waals surface area contributed by atoms with E-state index in [0.717, 1.165) is 16.8 Å². The number of hydrogen-bond acceptors (Lipinski definition) is 5. The molecule has 0 fully saturated rings. The Kier molecular flexibility index (Phi) is 3.73. The van der Waals surface area contributed by atoms with Crippen LogP contribution in [0.3, 0.4) is 0 Å². The van der Waals surface area contributed by atoms with Crippen LogP contribution in [-0.4, -0.2) is 36.3 Å². The van der Waals surface area contributed by atoms with E-state index in [1.807, 2.05) is 43.3 Å². The maximum absolute atomic E-state index is 13.3. The van der Waals surface area contributed by atoms with Crippen molar-refractivity contribution in [1.82, 2.24) is 29.2 Å². The first-order chi connectivity index (χ1) is 14.1. The molecule has 0 aliphatic rings. The number of benzene rings is 1. The third-order valence-corrected chi connectivity index (χ3v) is 4.97. The molecule has 0 radical (unpaired) electrons. The highest BCUT2D eigenvalue weighted by molar-refractivity contribution is 5.80. The van der Waals surface area contributed by atoms with E-state index in [1.54, 1.807) is 30.8 Å². The molecule has 0 aliphatic heterocycles. The van der Waals surface area contributed by atoms with Gasteiger partial charge in [0, 0.05) is 17.5 Å². The molecule has 1 N–H and O–H groups in total. The van der Waals surface area contributed by atoms with Gasteiger partial charge in [-0.1, -0.05) is 30.3 Å². The number of ether oxygens (including phenoxy) is 1. The van der Waals surface area contributed by atoms with E-state index in [9.17, 15) is 4.79 Å². The minimum Gasteiger partial charge on any atom is -0.493 e. The summed E-state index contributed by atoms with van der Waals surface area (Å²) in [5.74, 6) is 0.896. The van der Waals surface area contributed by atoms with E-state index in [2.05, 4.69) is 15.2 Å². The molecule has 4 aromatic heterocycles. The summed E-state index contributed by atoms with van der Waals surface area (Å²) in [5, 5.41) is 7.61. The number of fused-ring (bicyclic) bond motifs is 2. The van der Waals surface area contributed by atoms with Crippen molar-refractivity contribution < 1.29 is 4.74 Å². The van der Waals surface area contributed by atoms with Gasteiger partial charge in [0.15, 0.2) is 22.9 Å². The smallest absolute Gasteiger partial charge is 0.284 e. The predicted molar refractivity (Wildman–Crippen MR) is 109 cm³/mol. The van der Waals surface area contributed by atoms with Crippen molar-refractivity contribution in [1.29, 1.82) is 0 Å². The number of aryl methyl sites for hydroxylation is 2. The molecule has 4 heterocycles. The SMILES string of the molecule is COc1cccn2nc(-c3c(C)nc4c(-c5ccccc5)c(C)[nH]n4c3=O)nc12. The molecule has 144 valence electrons. The monoisotopic (exact) mass is 386 g/mol. The van der Waals surface area contributed by atoms with Crippen LogP contribution in [0.5, 0.6) is 5.75 Å². The Morgan fingerprint density at radius 1 is 0.966 bits per heavy atom. The summed E-state index contributed by atoms with van der Waals surface area (Å²) in [5.41, 5.74) is 4.58. The number of pyridine rings is 1. The van der Waals surface area contributed by atoms with Crippen molar-refractivity contribution in [2.45, 2.75) is 13.8 Å². The van der Waals surface area contributed by atoms with Crippen LogP contribution in [0.2, 0.25) is 0 Å². The standard InChI is InChI=1S/C21H18N6O2/c1-12-17(18-23-19-15(29-3)10-7-11-26(19)25-18)21(28)27-20(22-12)16(13(2)24-27)14-8-5-4-6-9-14/h4-11,24H,1-3H3. The lowest BCUT2D eigenvalue weighted by Crippen LogP contribution is -2.19. The Hall–Kier alpha value is -3.94. The molecule has 5 rings (SSSR count). The maximum atomic E-state index is 13.3. The molecule has 0 unspecified atom stereocenters. The van der Waals surface area contributed by atoms with E-state index in [1.165, 1.54) is 4.52 Å². The summed E-state index contributed by atoms with van der Waals surface area (Å²) in [6, 6.07) is 13.5. The minimum atomic E-state index is -0.243. The summed E-state index contributed by atoms with van der Waals surface area (Å²) in [7, 11) is 1.57. The molecule has 5 aromatic rings. The van der Waals surface area contributed by atoms with Gasteiger partial charge >= 0.3 is 0 Å². The predicted octanol–water partition coefficient (Wildman–Crippen LogP) is 3.02. The highest BCUT2D eigenvalue weighted by Crippen LogP contribution is 2.28. The Morgan fingerprint density at radius 3 is 2.52 bits per heavy atom. The topological polar surface area (TPSA) is 89.6 Å². The van der Waals surface area contributed by atoms with E-state index in [-0.39, 0.29) is 5.56 Å². The Labute approximate surface area is 165 Å². The maximum Gasteiger partial charge on any atom is 0.284 e. The zero-order valence-electron chi connectivity index (χ0n) is 16.2. The van der Waals surface area contributed by atoms with Gasteiger partial charge in [0.2, 0.25) is 0 Å². The van der Waals surface area contributed by atoms with Crippen molar-refractivity contribution in [2.24, 2.45) is 0 Å². The first-order valence-corrected chi connectivity index (χ1v) is 9.15. The first kappa shape index (κ1) is 17.2. The van der Waals surface area contributed by atoms with Gasteiger partial charge in [0.25, 0.3) is 5.56 Å². The van der Waals surface area contributed by atoms with Gasteiger partial charge in [-0.25, -0.2) is 19.0 Å². The number of nitrogens with zero attached hydrogens (tertiary/aromatic N) is 5. The molecule has 0 bridgehead atoms. The Bertz CT molecular complexity index is 1430. The fourth-order valence-electron chi connectivity index (χ4n) is 3.65. The van der Waals surface area contributed by atoms with Gasteiger partial charge in [0.05, 0.1) is 12.8 Å². The molecule has 0 aliphatic carbocycles. The van der Waals surface area contributed by atoms with Crippen molar-refractivity contribution in [3.05, 3.63) is 70.4 Å². The molecule has 0 saturated carbocycles. The van der Waals surface area contributed by atoms with Crippen LogP contribution in [0.4, 0.5) is 0 Å². The van der Waals surface area contributed by atoms with E-state index in [4.69, 9.17) is 9.72 Å². The molecule has 0 spiro atoms. The van der Waals surface area contributed by atoms with E-state index >= 15 is 0 Å². The second-order valence-corrected chi connectivity index (χ2v) is 6.79. The Morgan fingerprint density at radius 2 is 1.76 bits per heavy atom. The number of hydrogen-bond donors (Lipinski definition) is 1. The van der Waals surface area contributed by atoms with Crippen LogP contribution < -0.4 is 10.3 Å². The zero-order valence-corrected chi connectivity index (χ0v) is 16.2. The minimum absolute atomic E-state index is 0.243. The second-order valence-electron chi connectivity index (χ2n) is 6.79. The third-order valence-electron chi connectivity index (χ3n) is 4.97. The lowest BCUT2D eigenvalue weighted by Gasteiger charge is -2.04. The number of rotatable bonds is 3. The summed E-state index contributed by atoms with van der Waals surface area (Å²) in [6.45, 7) is 3.73. The molecular weight excluding hydrogens is 368 g/mol. The highest BCUT2D eigenvalue weighted by atomic mass is 16.5. The van der Waals surface area contributed by atoms with Crippen molar-refractivity contribution >= 4 is 11.3 Å². The van der Waals surface area contributed by atoms with Crippen LogP contribution in [0.1, 0.15) is 11.4 Å². The van der Waals surface area contributed by atoms with Gasteiger partial charge in [-0.15, -0.1) is 5.10 Å². The molecule has 8 heteroatoms. The zero-order chi connectivity index (χ0) is 20.1. The highest BCUT2D eigenvalue weighted by Gasteiger charge is 2.21. The van der Waals surface area contributed by atoms with E-state index < -0.39 is 0 Å². The summed E-state index contributed by atoms with van der Waals surface area (Å²) >= 11 is 0. The number of aromatic nitrogens is 6. The number of nitrogens with one attached hydrogen (secondary N) is 1. The van der Waals surface area contributed by atoms with Crippen LogP contribution >= 0.6 is 0 Å². The lowest BCUT2D eigenvalue weighted by molar-refractivity contribution is 0.416. The van der Waals surface area contributed by atoms with Crippen molar-refractivity contribution in [3.63, 3.8) is 0 Å². The normalized spacial score (nSPS) is 11.4. The van der Waals surface area contributed by atoms with Crippen LogP contribution in [0.25, 0.3) is 33.8 Å². The van der Waals surface area contributed by atoms with Gasteiger partial charge in [0.1, 0.15) is 5.56 Å². The molecular formula is C21H18N6O2. The van der Waals surface area contributed by atoms with Crippen molar-refractivity contribution in [3.8, 4) is 28.3 Å². The van der Waals surface area contributed by atoms with Crippen LogP contribution in [0.15, 0.2) is 53.5 Å². The van der Waals surface area contributed by atoms with Crippen LogP contribution in [0, 0.1) is 13.8 Å². The fourth-order valence-corrected chi connectivity index (χ4v) is 3.65. The molecule has 0 amide bonds. The molecule has 8 nitrogen and oxygen atoms in total. The molecule has 0 saturated heterocycles. The molecule has 0 atom stereocenters. The largest absolute Gasteiger partial charge is 0.493 e. The average molecular weight is 386 g/mol. The summed E-state index contributed by atoms with van der Waals surface area (Å²) in [4.78, 5) is 22.6. The summed E-state index contributed by atoms with van der Waals surface area (Å²) in [6.07, 6.45) is 1.76. The lowest BCUT2D eigenvalue weighted by atomic mass is 10.1. The van der Waals surface area contributed by atoms with Gasteiger partial charge < -0.3 is 4.74 Å². The third kappa shape index (κ3) is 2.53. The van der Waals surface area contributed by atoms with Crippen molar-refractivity contribution in [2.75, 3.05) is 7.11 Å². The first-order valence-electron chi connectivity index (χ1n) is 9.15. The fraction of sp³-hybridized carbons (Fsp3) is 0.143. The molecule has 1 aromatic carbocycles.